The van der Waals surface area contributed by atoms with Crippen LogP contribution in [0, 0.1) is 0 Å². The minimum Gasteiger partial charge on any atom is -0.330 e. The fraction of sp³-hybridized carbons (Fsp3) is 0.538. The second-order valence-electron chi connectivity index (χ2n) is 4.84. The van der Waals surface area contributed by atoms with E-state index in [9.17, 15) is 13.2 Å². The van der Waals surface area contributed by atoms with Crippen molar-refractivity contribution in [1.82, 2.24) is 14.6 Å². The van der Waals surface area contributed by atoms with E-state index in [1.165, 1.54) is 4.40 Å². The van der Waals surface area contributed by atoms with E-state index in [4.69, 9.17) is 17.3 Å². The molecule has 2 rings (SSSR count). The van der Waals surface area contributed by atoms with Crippen LogP contribution in [0.1, 0.15) is 37.1 Å². The SMILES string of the molecule is NCCCCCCc1nnc2c(Cl)cc(C(F)(F)F)cn12. The van der Waals surface area contributed by atoms with E-state index in [1.807, 2.05) is 0 Å². The van der Waals surface area contributed by atoms with Gasteiger partial charge in [-0.25, -0.2) is 0 Å². The van der Waals surface area contributed by atoms with Gasteiger partial charge in [0.05, 0.1) is 10.6 Å². The highest BCUT2D eigenvalue weighted by atomic mass is 35.5. The maximum Gasteiger partial charge on any atom is 0.417 e. The summed E-state index contributed by atoms with van der Waals surface area (Å²) in [5.41, 5.74) is 4.86. The van der Waals surface area contributed by atoms with Gasteiger partial charge in [-0.1, -0.05) is 24.4 Å². The molecule has 0 saturated carbocycles. The predicted octanol–water partition coefficient (Wildman–Crippen LogP) is 3.46. The van der Waals surface area contributed by atoms with Crippen molar-refractivity contribution in [2.75, 3.05) is 6.54 Å². The molecule has 0 atom stereocenters. The van der Waals surface area contributed by atoms with Crippen LogP contribution in [0.25, 0.3) is 5.65 Å². The molecule has 2 aromatic rings. The van der Waals surface area contributed by atoms with Crippen LogP contribution in [0.15, 0.2) is 12.3 Å². The lowest BCUT2D eigenvalue weighted by molar-refractivity contribution is -0.137. The molecule has 0 saturated heterocycles. The average molecular weight is 321 g/mol. The summed E-state index contributed by atoms with van der Waals surface area (Å²) in [6.45, 7) is 0.651. The zero-order valence-electron chi connectivity index (χ0n) is 11.3. The third-order valence-electron chi connectivity index (χ3n) is 3.21. The van der Waals surface area contributed by atoms with E-state index >= 15 is 0 Å². The number of alkyl halides is 3. The van der Waals surface area contributed by atoms with Crippen LogP contribution in [0.4, 0.5) is 13.2 Å². The molecule has 0 bridgehead atoms. The molecule has 116 valence electrons. The van der Waals surface area contributed by atoms with E-state index in [2.05, 4.69) is 10.2 Å². The van der Waals surface area contributed by atoms with Crippen LogP contribution in [0.2, 0.25) is 5.02 Å². The molecule has 0 unspecified atom stereocenters. The summed E-state index contributed by atoms with van der Waals surface area (Å²) < 4.78 is 39.7. The van der Waals surface area contributed by atoms with Crippen LogP contribution in [-0.2, 0) is 12.6 Å². The summed E-state index contributed by atoms with van der Waals surface area (Å²) in [4.78, 5) is 0. The number of hydrogen-bond acceptors (Lipinski definition) is 3. The first-order valence-electron chi connectivity index (χ1n) is 6.74. The molecule has 0 radical (unpaired) electrons. The van der Waals surface area contributed by atoms with E-state index in [-0.39, 0.29) is 10.7 Å². The molecule has 2 N–H and O–H groups in total. The first-order chi connectivity index (χ1) is 9.93. The number of nitrogens with two attached hydrogens (primary N) is 1. The minimum atomic E-state index is -4.44. The Morgan fingerprint density at radius 1 is 1.14 bits per heavy atom. The largest absolute Gasteiger partial charge is 0.417 e. The summed E-state index contributed by atoms with van der Waals surface area (Å²) in [5.74, 6) is 0.491. The number of aryl methyl sites for hydroxylation is 1. The van der Waals surface area contributed by atoms with Crippen molar-refractivity contribution >= 4 is 17.2 Å². The van der Waals surface area contributed by atoms with Crippen LogP contribution >= 0.6 is 11.6 Å². The highest BCUT2D eigenvalue weighted by Gasteiger charge is 2.32. The highest BCUT2D eigenvalue weighted by molar-refractivity contribution is 6.33. The minimum absolute atomic E-state index is 0.0493. The highest BCUT2D eigenvalue weighted by Crippen LogP contribution is 2.32. The Morgan fingerprint density at radius 2 is 1.86 bits per heavy atom. The molecule has 0 aliphatic heterocycles. The summed E-state index contributed by atoms with van der Waals surface area (Å²) >= 11 is 5.85. The Bertz CT molecular complexity index is 609. The van der Waals surface area contributed by atoms with Gasteiger partial charge in [0, 0.05) is 12.6 Å². The van der Waals surface area contributed by atoms with Gasteiger partial charge in [-0.3, -0.25) is 4.40 Å². The van der Waals surface area contributed by atoms with Crippen molar-refractivity contribution in [3.63, 3.8) is 0 Å². The normalized spacial score (nSPS) is 12.2. The monoisotopic (exact) mass is 320 g/mol. The molecule has 2 heterocycles. The molecule has 0 amide bonds. The third kappa shape index (κ3) is 3.85. The first kappa shape index (κ1) is 16.0. The van der Waals surface area contributed by atoms with Gasteiger partial charge >= 0.3 is 6.18 Å². The van der Waals surface area contributed by atoms with Gasteiger partial charge in [0.15, 0.2) is 5.65 Å². The quantitative estimate of drug-likeness (QED) is 0.829. The van der Waals surface area contributed by atoms with Crippen LogP contribution in [-0.4, -0.2) is 21.1 Å². The molecule has 4 nitrogen and oxygen atoms in total. The van der Waals surface area contributed by atoms with E-state index in [0.717, 1.165) is 37.9 Å². The number of fused-ring (bicyclic) bond motifs is 1. The van der Waals surface area contributed by atoms with Crippen LogP contribution in [0.5, 0.6) is 0 Å². The topological polar surface area (TPSA) is 56.2 Å². The zero-order valence-corrected chi connectivity index (χ0v) is 12.1. The fourth-order valence-electron chi connectivity index (χ4n) is 2.11. The Hall–Kier alpha value is -1.34. The van der Waals surface area contributed by atoms with E-state index < -0.39 is 11.7 Å². The summed E-state index contributed by atoms with van der Waals surface area (Å²) in [7, 11) is 0. The maximum absolute atomic E-state index is 12.8. The van der Waals surface area contributed by atoms with Gasteiger partial charge in [0.2, 0.25) is 0 Å². The van der Waals surface area contributed by atoms with Gasteiger partial charge in [0.25, 0.3) is 0 Å². The Labute approximate surface area is 125 Å². The molecule has 0 fully saturated rings. The van der Waals surface area contributed by atoms with Crippen molar-refractivity contribution in [2.24, 2.45) is 5.73 Å². The summed E-state index contributed by atoms with van der Waals surface area (Å²) in [5, 5.41) is 7.73. The van der Waals surface area contributed by atoms with Gasteiger partial charge in [-0.05, 0) is 25.5 Å². The van der Waals surface area contributed by atoms with Crippen molar-refractivity contribution in [3.8, 4) is 0 Å². The smallest absolute Gasteiger partial charge is 0.330 e. The van der Waals surface area contributed by atoms with Crippen molar-refractivity contribution in [3.05, 3.63) is 28.7 Å². The molecule has 0 aliphatic carbocycles. The Kier molecular flexibility index (Phi) is 5.05. The maximum atomic E-state index is 12.8. The number of unbranched alkanes of at least 4 members (excludes halogenated alkanes) is 3. The number of pyridine rings is 1. The first-order valence-corrected chi connectivity index (χ1v) is 7.11. The van der Waals surface area contributed by atoms with Gasteiger partial charge < -0.3 is 5.73 Å². The molecule has 21 heavy (non-hydrogen) atoms. The van der Waals surface area contributed by atoms with E-state index in [0.29, 0.717) is 18.8 Å². The molecule has 2 aromatic heterocycles. The zero-order chi connectivity index (χ0) is 15.5. The number of rotatable bonds is 6. The number of aromatic nitrogens is 3. The lowest BCUT2D eigenvalue weighted by atomic mass is 10.1. The lowest BCUT2D eigenvalue weighted by Gasteiger charge is -2.08. The third-order valence-corrected chi connectivity index (χ3v) is 3.49. The fourth-order valence-corrected chi connectivity index (χ4v) is 2.35. The molecule has 0 aliphatic rings. The number of nitrogens with zero attached hydrogens (tertiary/aromatic N) is 3. The molecular weight excluding hydrogens is 305 g/mol. The van der Waals surface area contributed by atoms with Gasteiger partial charge in [-0.2, -0.15) is 13.2 Å². The molecule has 0 aromatic carbocycles. The molecular formula is C13H16ClF3N4. The summed E-state index contributed by atoms with van der Waals surface area (Å²) in [6, 6.07) is 0.872. The number of hydrogen-bond donors (Lipinski definition) is 1. The number of halogens is 4. The molecule has 8 heteroatoms. The second-order valence-corrected chi connectivity index (χ2v) is 5.24. The van der Waals surface area contributed by atoms with Gasteiger partial charge in [0.1, 0.15) is 5.82 Å². The second kappa shape index (κ2) is 6.62. The Balaban J connectivity index is 2.19. The van der Waals surface area contributed by atoms with Gasteiger partial charge in [-0.15, -0.1) is 10.2 Å². The predicted molar refractivity (Wildman–Crippen MR) is 74.2 cm³/mol. The standard InChI is InChI=1S/C13H16ClF3N4/c14-10-7-9(13(15,16)17)8-21-11(19-20-12(10)21)5-3-1-2-4-6-18/h7-8H,1-6,18H2. The average Bonchev–Trinajstić information content (AvgIpc) is 2.81. The van der Waals surface area contributed by atoms with E-state index in [1.54, 1.807) is 0 Å². The molecule has 0 spiro atoms. The van der Waals surface area contributed by atoms with Crippen molar-refractivity contribution in [2.45, 2.75) is 38.3 Å². The van der Waals surface area contributed by atoms with Crippen LogP contribution < -0.4 is 5.73 Å². The summed E-state index contributed by atoms with van der Waals surface area (Å²) in [6.07, 6.45) is 0.847. The lowest BCUT2D eigenvalue weighted by Crippen LogP contribution is -2.07. The van der Waals surface area contributed by atoms with Crippen molar-refractivity contribution < 1.29 is 13.2 Å². The Morgan fingerprint density at radius 3 is 2.52 bits per heavy atom. The van der Waals surface area contributed by atoms with Crippen LogP contribution in [0.3, 0.4) is 0 Å². The van der Waals surface area contributed by atoms with Crippen molar-refractivity contribution in [1.29, 1.82) is 0 Å².